The SMILES string of the molecule is Cc1cccc(C(=O)OCC(=O)N(CCC#N)c2cccc(Cl)c2)c1[N+](=O)[O-]. The number of carbonyl (C=O) groups excluding carboxylic acids is 2. The first-order valence-electron chi connectivity index (χ1n) is 8.19. The number of nitriles is 1. The Kier molecular flexibility index (Phi) is 7.07. The highest BCUT2D eigenvalue weighted by Gasteiger charge is 2.25. The minimum absolute atomic E-state index is 0.0650. The average molecular weight is 402 g/mol. The fraction of sp³-hybridized carbons (Fsp3) is 0.211. The van der Waals surface area contributed by atoms with Crippen molar-refractivity contribution in [1.82, 2.24) is 0 Å². The number of amides is 1. The largest absolute Gasteiger partial charge is 0.452 e. The van der Waals surface area contributed by atoms with E-state index in [-0.39, 0.29) is 24.2 Å². The molecule has 0 bridgehead atoms. The van der Waals surface area contributed by atoms with Crippen LogP contribution in [0.15, 0.2) is 42.5 Å². The van der Waals surface area contributed by atoms with Crippen molar-refractivity contribution in [3.63, 3.8) is 0 Å². The van der Waals surface area contributed by atoms with E-state index in [0.29, 0.717) is 16.3 Å². The van der Waals surface area contributed by atoms with Gasteiger partial charge in [0.1, 0.15) is 5.56 Å². The Hall–Kier alpha value is -3.44. The molecule has 0 aliphatic carbocycles. The van der Waals surface area contributed by atoms with Gasteiger partial charge in [-0.05, 0) is 31.2 Å². The van der Waals surface area contributed by atoms with E-state index in [1.807, 2.05) is 6.07 Å². The summed E-state index contributed by atoms with van der Waals surface area (Å²) in [5.74, 6) is -1.56. The number of aryl methyl sites for hydroxylation is 1. The number of nitro groups is 1. The number of hydrogen-bond donors (Lipinski definition) is 0. The Morgan fingerprint density at radius 3 is 2.64 bits per heavy atom. The topological polar surface area (TPSA) is 114 Å². The highest BCUT2D eigenvalue weighted by atomic mass is 35.5. The van der Waals surface area contributed by atoms with Crippen molar-refractivity contribution in [3.8, 4) is 6.07 Å². The van der Waals surface area contributed by atoms with Crippen LogP contribution in [0.25, 0.3) is 0 Å². The molecule has 0 radical (unpaired) electrons. The van der Waals surface area contributed by atoms with Crippen molar-refractivity contribution in [1.29, 1.82) is 5.26 Å². The van der Waals surface area contributed by atoms with Gasteiger partial charge in [0.05, 0.1) is 17.4 Å². The van der Waals surface area contributed by atoms with Gasteiger partial charge in [0.2, 0.25) is 0 Å². The maximum absolute atomic E-state index is 12.5. The van der Waals surface area contributed by atoms with Gasteiger partial charge in [0.15, 0.2) is 6.61 Å². The molecule has 0 saturated carbocycles. The Balaban J connectivity index is 2.17. The lowest BCUT2D eigenvalue weighted by molar-refractivity contribution is -0.385. The molecule has 144 valence electrons. The summed E-state index contributed by atoms with van der Waals surface area (Å²) < 4.78 is 5.00. The number of rotatable bonds is 7. The minimum atomic E-state index is -0.977. The quantitative estimate of drug-likeness (QED) is 0.397. The predicted molar refractivity (Wildman–Crippen MR) is 102 cm³/mol. The van der Waals surface area contributed by atoms with E-state index in [0.717, 1.165) is 0 Å². The van der Waals surface area contributed by atoms with Gasteiger partial charge in [0.25, 0.3) is 11.6 Å². The van der Waals surface area contributed by atoms with Crippen molar-refractivity contribution in [2.45, 2.75) is 13.3 Å². The summed E-state index contributed by atoms with van der Waals surface area (Å²) in [4.78, 5) is 36.6. The lowest BCUT2D eigenvalue weighted by Gasteiger charge is -2.21. The van der Waals surface area contributed by atoms with Crippen LogP contribution in [-0.2, 0) is 9.53 Å². The molecule has 0 aromatic heterocycles. The molecule has 2 aromatic rings. The molecule has 2 aromatic carbocycles. The summed E-state index contributed by atoms with van der Waals surface area (Å²) in [6.07, 6.45) is 0.0650. The lowest BCUT2D eigenvalue weighted by atomic mass is 10.1. The Labute approximate surface area is 166 Å². The van der Waals surface area contributed by atoms with Crippen LogP contribution in [-0.4, -0.2) is 30.0 Å². The number of nitro benzene ring substituents is 1. The van der Waals surface area contributed by atoms with E-state index in [4.69, 9.17) is 21.6 Å². The van der Waals surface area contributed by atoms with Crippen molar-refractivity contribution in [3.05, 3.63) is 68.7 Å². The molecule has 2 rings (SSSR count). The number of halogens is 1. The maximum Gasteiger partial charge on any atom is 0.345 e. The van der Waals surface area contributed by atoms with E-state index in [2.05, 4.69) is 0 Å². The molecule has 1 amide bonds. The molecule has 0 aliphatic rings. The molecular weight excluding hydrogens is 386 g/mol. The van der Waals surface area contributed by atoms with E-state index in [1.165, 1.54) is 30.0 Å². The molecule has 0 atom stereocenters. The predicted octanol–water partition coefficient (Wildman–Crippen LogP) is 3.66. The smallest absolute Gasteiger partial charge is 0.345 e. The minimum Gasteiger partial charge on any atom is -0.452 e. The number of nitrogens with zero attached hydrogens (tertiary/aromatic N) is 3. The van der Waals surface area contributed by atoms with Crippen molar-refractivity contribution in [2.75, 3.05) is 18.1 Å². The number of hydrogen-bond acceptors (Lipinski definition) is 6. The number of benzene rings is 2. The molecule has 8 nitrogen and oxygen atoms in total. The molecule has 0 saturated heterocycles. The fourth-order valence-electron chi connectivity index (χ4n) is 2.55. The van der Waals surface area contributed by atoms with E-state index >= 15 is 0 Å². The summed E-state index contributed by atoms with van der Waals surface area (Å²) in [5.41, 5.74) is 0.158. The first-order valence-corrected chi connectivity index (χ1v) is 8.57. The third-order valence-electron chi connectivity index (χ3n) is 3.84. The zero-order valence-electron chi connectivity index (χ0n) is 14.9. The van der Waals surface area contributed by atoms with Gasteiger partial charge in [-0.25, -0.2) is 4.79 Å². The molecule has 0 spiro atoms. The van der Waals surface area contributed by atoms with Crippen LogP contribution >= 0.6 is 11.6 Å². The van der Waals surface area contributed by atoms with Crippen LogP contribution in [0, 0.1) is 28.4 Å². The molecule has 0 N–H and O–H groups in total. The van der Waals surface area contributed by atoms with Gasteiger partial charge in [-0.3, -0.25) is 14.9 Å². The second-order valence-electron chi connectivity index (χ2n) is 5.74. The zero-order valence-corrected chi connectivity index (χ0v) is 15.7. The zero-order chi connectivity index (χ0) is 20.7. The van der Waals surface area contributed by atoms with Crippen LogP contribution in [0.2, 0.25) is 5.02 Å². The fourth-order valence-corrected chi connectivity index (χ4v) is 2.74. The molecule has 0 unspecified atom stereocenters. The van der Waals surface area contributed by atoms with Crippen LogP contribution < -0.4 is 4.90 Å². The van der Waals surface area contributed by atoms with Gasteiger partial charge in [-0.15, -0.1) is 0 Å². The summed E-state index contributed by atoms with van der Waals surface area (Å²) in [6, 6.07) is 12.7. The van der Waals surface area contributed by atoms with E-state index in [1.54, 1.807) is 24.3 Å². The first kappa shape index (κ1) is 20.9. The molecule has 9 heteroatoms. The molecule has 28 heavy (non-hydrogen) atoms. The summed E-state index contributed by atoms with van der Waals surface area (Å²) in [5, 5.41) is 20.4. The van der Waals surface area contributed by atoms with E-state index in [9.17, 15) is 19.7 Å². The third kappa shape index (κ3) is 5.05. The normalized spacial score (nSPS) is 10.0. The Bertz CT molecular complexity index is 955. The van der Waals surface area contributed by atoms with Crippen LogP contribution in [0.4, 0.5) is 11.4 Å². The highest BCUT2D eigenvalue weighted by molar-refractivity contribution is 6.30. The second kappa shape index (κ2) is 9.48. The van der Waals surface area contributed by atoms with Gasteiger partial charge in [0, 0.05) is 22.8 Å². The highest BCUT2D eigenvalue weighted by Crippen LogP contribution is 2.24. The number of anilines is 1. The molecule has 0 heterocycles. The van der Waals surface area contributed by atoms with E-state index < -0.39 is 23.4 Å². The Morgan fingerprint density at radius 2 is 2.00 bits per heavy atom. The van der Waals surface area contributed by atoms with Crippen LogP contribution in [0.3, 0.4) is 0 Å². The third-order valence-corrected chi connectivity index (χ3v) is 4.07. The average Bonchev–Trinajstić information content (AvgIpc) is 2.66. The van der Waals surface area contributed by atoms with Crippen molar-refractivity contribution >= 4 is 34.9 Å². The molecule has 0 aliphatic heterocycles. The number of esters is 1. The second-order valence-corrected chi connectivity index (χ2v) is 6.17. The van der Waals surface area contributed by atoms with Crippen LogP contribution in [0.5, 0.6) is 0 Å². The summed E-state index contributed by atoms with van der Waals surface area (Å²) >= 11 is 5.94. The standard InChI is InChI=1S/C19H16ClN3O5/c1-13-5-2-8-16(18(13)23(26)27)19(25)28-12-17(24)22(10-4-9-21)15-7-3-6-14(20)11-15/h2-3,5-8,11H,4,10,12H2,1H3. The van der Waals surface area contributed by atoms with Gasteiger partial charge in [-0.2, -0.15) is 5.26 Å². The molecular formula is C19H16ClN3O5. The number of carbonyl (C=O) groups is 2. The van der Waals surface area contributed by atoms with Crippen molar-refractivity contribution in [2.24, 2.45) is 0 Å². The Morgan fingerprint density at radius 1 is 1.29 bits per heavy atom. The molecule has 0 fully saturated rings. The number of ether oxygens (including phenoxy) is 1. The summed E-state index contributed by atoms with van der Waals surface area (Å²) in [7, 11) is 0. The van der Waals surface area contributed by atoms with Gasteiger partial charge >= 0.3 is 5.97 Å². The lowest BCUT2D eigenvalue weighted by Crippen LogP contribution is -2.35. The van der Waals surface area contributed by atoms with Crippen LogP contribution in [0.1, 0.15) is 22.3 Å². The summed E-state index contributed by atoms with van der Waals surface area (Å²) in [6.45, 7) is 0.947. The first-order chi connectivity index (χ1) is 13.3. The van der Waals surface area contributed by atoms with Gasteiger partial charge < -0.3 is 9.64 Å². The van der Waals surface area contributed by atoms with Crippen molar-refractivity contribution < 1.29 is 19.2 Å². The monoisotopic (exact) mass is 401 g/mol. The number of para-hydroxylation sites is 1. The maximum atomic E-state index is 12.5. The van der Waals surface area contributed by atoms with Gasteiger partial charge in [-0.1, -0.05) is 29.8 Å².